The molecule has 0 aromatic heterocycles. The molecule has 0 fully saturated rings. The van der Waals surface area contributed by atoms with E-state index >= 15 is 0 Å². The molecule has 0 aliphatic heterocycles. The SMILES string of the molecule is CC(Nc1ccc(CC#N)cc1)C(=O)NCCc1ccc(F)cc1. The third-order valence-corrected chi connectivity index (χ3v) is 3.64. The number of nitrogens with zero attached hydrogens (tertiary/aromatic N) is 1. The summed E-state index contributed by atoms with van der Waals surface area (Å²) in [5.74, 6) is -0.361. The van der Waals surface area contributed by atoms with Crippen molar-refractivity contribution in [2.75, 3.05) is 11.9 Å². The fourth-order valence-corrected chi connectivity index (χ4v) is 2.26. The van der Waals surface area contributed by atoms with Gasteiger partial charge in [-0.05, 0) is 48.7 Å². The first-order chi connectivity index (χ1) is 11.6. The summed E-state index contributed by atoms with van der Waals surface area (Å²) in [4.78, 5) is 12.1. The van der Waals surface area contributed by atoms with Gasteiger partial charge in [-0.2, -0.15) is 5.26 Å². The number of nitrogens with one attached hydrogen (secondary N) is 2. The maximum absolute atomic E-state index is 12.8. The molecular weight excluding hydrogens is 305 g/mol. The van der Waals surface area contributed by atoms with Gasteiger partial charge >= 0.3 is 0 Å². The lowest BCUT2D eigenvalue weighted by molar-refractivity contribution is -0.121. The molecule has 0 heterocycles. The Labute approximate surface area is 141 Å². The first-order valence-electron chi connectivity index (χ1n) is 7.83. The normalized spacial score (nSPS) is 11.4. The van der Waals surface area contributed by atoms with Gasteiger partial charge in [-0.3, -0.25) is 4.79 Å². The van der Waals surface area contributed by atoms with Crippen molar-refractivity contribution in [2.24, 2.45) is 0 Å². The van der Waals surface area contributed by atoms with Gasteiger partial charge in [0.05, 0.1) is 12.5 Å². The molecular formula is C19H20FN3O. The minimum absolute atomic E-state index is 0.0989. The Kier molecular flexibility index (Phi) is 6.32. The molecule has 0 spiro atoms. The van der Waals surface area contributed by atoms with E-state index in [1.807, 2.05) is 24.3 Å². The summed E-state index contributed by atoms with van der Waals surface area (Å²) in [5, 5.41) is 14.6. The maximum atomic E-state index is 12.8. The third kappa shape index (κ3) is 5.40. The fraction of sp³-hybridized carbons (Fsp3) is 0.263. The monoisotopic (exact) mass is 325 g/mol. The van der Waals surface area contributed by atoms with Crippen LogP contribution in [-0.2, 0) is 17.6 Å². The highest BCUT2D eigenvalue weighted by molar-refractivity contribution is 5.84. The summed E-state index contributed by atoms with van der Waals surface area (Å²) in [5.41, 5.74) is 2.75. The van der Waals surface area contributed by atoms with E-state index in [-0.39, 0.29) is 17.8 Å². The Bertz CT molecular complexity index is 705. The minimum atomic E-state index is -0.375. The quantitative estimate of drug-likeness (QED) is 0.822. The van der Waals surface area contributed by atoms with Crippen molar-refractivity contribution in [2.45, 2.75) is 25.8 Å². The van der Waals surface area contributed by atoms with Crippen molar-refractivity contribution in [1.29, 1.82) is 5.26 Å². The lowest BCUT2D eigenvalue weighted by Gasteiger charge is -2.15. The number of hydrogen-bond donors (Lipinski definition) is 2. The maximum Gasteiger partial charge on any atom is 0.242 e. The van der Waals surface area contributed by atoms with Crippen molar-refractivity contribution in [3.63, 3.8) is 0 Å². The van der Waals surface area contributed by atoms with Gasteiger partial charge in [-0.25, -0.2) is 4.39 Å². The van der Waals surface area contributed by atoms with Gasteiger partial charge in [0.2, 0.25) is 5.91 Å². The van der Waals surface area contributed by atoms with Crippen molar-refractivity contribution in [1.82, 2.24) is 5.32 Å². The Balaban J connectivity index is 1.77. The van der Waals surface area contributed by atoms with Gasteiger partial charge in [-0.1, -0.05) is 24.3 Å². The highest BCUT2D eigenvalue weighted by Crippen LogP contribution is 2.11. The van der Waals surface area contributed by atoms with Crippen LogP contribution in [0.15, 0.2) is 48.5 Å². The zero-order valence-electron chi connectivity index (χ0n) is 13.6. The number of carbonyl (C=O) groups excluding carboxylic acids is 1. The predicted molar refractivity (Wildman–Crippen MR) is 92.0 cm³/mol. The molecule has 1 amide bonds. The molecule has 5 heteroatoms. The van der Waals surface area contributed by atoms with Crippen LogP contribution in [0.2, 0.25) is 0 Å². The standard InChI is InChI=1S/C19H20FN3O/c1-14(23-18-8-4-15(5-9-18)10-12-21)19(24)22-13-11-16-2-6-17(20)7-3-16/h2-9,14,23H,10-11,13H2,1H3,(H,22,24). The number of hydrogen-bond acceptors (Lipinski definition) is 3. The molecule has 0 saturated carbocycles. The molecule has 2 N–H and O–H groups in total. The van der Waals surface area contributed by atoms with E-state index in [9.17, 15) is 9.18 Å². The average molecular weight is 325 g/mol. The Hall–Kier alpha value is -2.87. The van der Waals surface area contributed by atoms with Gasteiger partial charge in [-0.15, -0.1) is 0 Å². The van der Waals surface area contributed by atoms with Crippen LogP contribution in [0.5, 0.6) is 0 Å². The van der Waals surface area contributed by atoms with E-state index in [1.54, 1.807) is 19.1 Å². The summed E-state index contributed by atoms with van der Waals surface area (Å²) >= 11 is 0. The second-order valence-corrected chi connectivity index (χ2v) is 5.57. The highest BCUT2D eigenvalue weighted by Gasteiger charge is 2.11. The molecule has 0 saturated heterocycles. The van der Waals surface area contributed by atoms with Gasteiger partial charge in [0.15, 0.2) is 0 Å². The van der Waals surface area contributed by atoms with Crippen LogP contribution in [0.4, 0.5) is 10.1 Å². The zero-order valence-corrected chi connectivity index (χ0v) is 13.6. The van der Waals surface area contributed by atoms with Crippen LogP contribution in [-0.4, -0.2) is 18.5 Å². The molecule has 2 rings (SSSR count). The van der Waals surface area contributed by atoms with Gasteiger partial charge in [0, 0.05) is 12.2 Å². The smallest absolute Gasteiger partial charge is 0.242 e. The number of benzene rings is 2. The fourth-order valence-electron chi connectivity index (χ4n) is 2.26. The van der Waals surface area contributed by atoms with Crippen molar-refractivity contribution < 1.29 is 9.18 Å². The molecule has 24 heavy (non-hydrogen) atoms. The van der Waals surface area contributed by atoms with Crippen molar-refractivity contribution in [3.05, 3.63) is 65.5 Å². The van der Waals surface area contributed by atoms with Crippen molar-refractivity contribution in [3.8, 4) is 6.07 Å². The van der Waals surface area contributed by atoms with Crippen LogP contribution in [0.1, 0.15) is 18.1 Å². The lowest BCUT2D eigenvalue weighted by atomic mass is 10.1. The lowest BCUT2D eigenvalue weighted by Crippen LogP contribution is -2.38. The van der Waals surface area contributed by atoms with E-state index in [1.165, 1.54) is 12.1 Å². The van der Waals surface area contributed by atoms with E-state index in [0.29, 0.717) is 19.4 Å². The van der Waals surface area contributed by atoms with E-state index < -0.39 is 0 Å². The second-order valence-electron chi connectivity index (χ2n) is 5.57. The highest BCUT2D eigenvalue weighted by atomic mass is 19.1. The third-order valence-electron chi connectivity index (χ3n) is 3.64. The number of amides is 1. The number of anilines is 1. The summed E-state index contributed by atoms with van der Waals surface area (Å²) in [7, 11) is 0. The Morgan fingerprint density at radius 3 is 2.38 bits per heavy atom. The molecule has 1 unspecified atom stereocenters. The average Bonchev–Trinajstić information content (AvgIpc) is 2.58. The Morgan fingerprint density at radius 1 is 1.12 bits per heavy atom. The van der Waals surface area contributed by atoms with Crippen LogP contribution in [0.3, 0.4) is 0 Å². The molecule has 4 nitrogen and oxygen atoms in total. The van der Waals surface area contributed by atoms with Crippen LogP contribution in [0.25, 0.3) is 0 Å². The predicted octanol–water partition coefficient (Wildman–Crippen LogP) is 3.05. The number of nitriles is 1. The molecule has 1 atom stereocenters. The zero-order chi connectivity index (χ0) is 17.4. The molecule has 0 aliphatic carbocycles. The molecule has 0 aliphatic rings. The molecule has 2 aromatic rings. The van der Waals surface area contributed by atoms with Crippen molar-refractivity contribution >= 4 is 11.6 Å². The summed E-state index contributed by atoms with van der Waals surface area (Å²) < 4.78 is 12.8. The van der Waals surface area contributed by atoms with Gasteiger partial charge < -0.3 is 10.6 Å². The van der Waals surface area contributed by atoms with E-state index in [0.717, 1.165) is 16.8 Å². The van der Waals surface area contributed by atoms with Gasteiger partial charge in [0.25, 0.3) is 0 Å². The topological polar surface area (TPSA) is 64.9 Å². The van der Waals surface area contributed by atoms with Crippen LogP contribution >= 0.6 is 0 Å². The minimum Gasteiger partial charge on any atom is -0.374 e. The largest absolute Gasteiger partial charge is 0.374 e. The van der Waals surface area contributed by atoms with Crippen LogP contribution < -0.4 is 10.6 Å². The second kappa shape index (κ2) is 8.68. The first kappa shape index (κ1) is 17.5. The summed E-state index contributed by atoms with van der Waals surface area (Å²) in [6.07, 6.45) is 1.03. The molecule has 124 valence electrons. The van der Waals surface area contributed by atoms with Crippen LogP contribution in [0, 0.1) is 17.1 Å². The van der Waals surface area contributed by atoms with E-state index in [2.05, 4.69) is 16.7 Å². The molecule has 2 aromatic carbocycles. The summed E-state index contributed by atoms with van der Waals surface area (Å²) in [6.45, 7) is 2.29. The summed E-state index contributed by atoms with van der Waals surface area (Å²) in [6, 6.07) is 15.4. The molecule has 0 radical (unpaired) electrons. The first-order valence-corrected chi connectivity index (χ1v) is 7.83. The number of rotatable bonds is 7. The number of carbonyl (C=O) groups is 1. The van der Waals surface area contributed by atoms with Gasteiger partial charge in [0.1, 0.15) is 11.9 Å². The van der Waals surface area contributed by atoms with E-state index in [4.69, 9.17) is 5.26 Å². The Morgan fingerprint density at radius 2 is 1.75 bits per heavy atom. The number of halogens is 1. The molecule has 0 bridgehead atoms.